The van der Waals surface area contributed by atoms with Gasteiger partial charge in [-0.25, -0.2) is 4.68 Å². The molecule has 7 heteroatoms. The molecule has 4 rings (SSSR count). The van der Waals surface area contributed by atoms with Crippen molar-refractivity contribution in [2.45, 2.75) is 18.5 Å². The number of methoxy groups -OCH3 is 1. The SMILES string of the molecule is COc1cccc([C@@H]2C[C@@H](c3ccccc3Cl)Nc3nc(N)nn32)c1. The predicted octanol–water partition coefficient (Wildman–Crippen LogP) is 3.67. The second-order valence-electron chi connectivity index (χ2n) is 5.98. The summed E-state index contributed by atoms with van der Waals surface area (Å²) in [5, 5.41) is 8.49. The lowest BCUT2D eigenvalue weighted by molar-refractivity contribution is 0.407. The highest BCUT2D eigenvalue weighted by Gasteiger charge is 2.31. The summed E-state index contributed by atoms with van der Waals surface area (Å²) in [7, 11) is 1.66. The molecular weight excluding hydrogens is 338 g/mol. The van der Waals surface area contributed by atoms with E-state index in [-0.39, 0.29) is 18.0 Å². The van der Waals surface area contributed by atoms with E-state index in [1.54, 1.807) is 7.11 Å². The fraction of sp³-hybridized carbons (Fsp3) is 0.222. The van der Waals surface area contributed by atoms with Gasteiger partial charge in [0.1, 0.15) is 5.75 Å². The van der Waals surface area contributed by atoms with Crippen LogP contribution in [0, 0.1) is 0 Å². The smallest absolute Gasteiger partial charge is 0.241 e. The second kappa shape index (κ2) is 6.29. The van der Waals surface area contributed by atoms with Crippen LogP contribution in [0.3, 0.4) is 0 Å². The number of rotatable bonds is 3. The minimum Gasteiger partial charge on any atom is -0.497 e. The highest BCUT2D eigenvalue weighted by molar-refractivity contribution is 6.31. The van der Waals surface area contributed by atoms with Crippen LogP contribution in [0.4, 0.5) is 11.9 Å². The van der Waals surface area contributed by atoms with Crippen LogP contribution in [-0.2, 0) is 0 Å². The maximum Gasteiger partial charge on any atom is 0.241 e. The predicted molar refractivity (Wildman–Crippen MR) is 98.0 cm³/mol. The van der Waals surface area contributed by atoms with Gasteiger partial charge in [0.05, 0.1) is 19.2 Å². The molecule has 6 nitrogen and oxygen atoms in total. The number of benzene rings is 2. The number of nitrogens with zero attached hydrogens (tertiary/aromatic N) is 3. The fourth-order valence-corrected chi connectivity index (χ4v) is 3.55. The molecule has 128 valence electrons. The Bertz CT molecular complexity index is 910. The molecule has 2 aromatic carbocycles. The zero-order valence-electron chi connectivity index (χ0n) is 13.7. The molecule has 25 heavy (non-hydrogen) atoms. The van der Waals surface area contributed by atoms with Gasteiger partial charge in [-0.2, -0.15) is 4.98 Å². The highest BCUT2D eigenvalue weighted by Crippen LogP contribution is 2.40. The maximum absolute atomic E-state index is 6.40. The number of nitrogens with two attached hydrogens (primary N) is 1. The molecule has 1 aliphatic rings. The average molecular weight is 356 g/mol. The largest absolute Gasteiger partial charge is 0.497 e. The van der Waals surface area contributed by atoms with Crippen molar-refractivity contribution in [1.29, 1.82) is 0 Å². The second-order valence-corrected chi connectivity index (χ2v) is 6.39. The van der Waals surface area contributed by atoms with Crippen LogP contribution >= 0.6 is 11.6 Å². The molecule has 0 aliphatic carbocycles. The quantitative estimate of drug-likeness (QED) is 0.749. The van der Waals surface area contributed by atoms with Gasteiger partial charge in [-0.15, -0.1) is 5.10 Å². The molecule has 0 radical (unpaired) electrons. The normalized spacial score (nSPS) is 19.1. The summed E-state index contributed by atoms with van der Waals surface area (Å²) in [5.41, 5.74) is 7.95. The topological polar surface area (TPSA) is 78.0 Å². The van der Waals surface area contributed by atoms with Gasteiger partial charge in [-0.1, -0.05) is 41.9 Å². The number of fused-ring (bicyclic) bond motifs is 1. The van der Waals surface area contributed by atoms with E-state index in [2.05, 4.69) is 21.5 Å². The lowest BCUT2D eigenvalue weighted by Gasteiger charge is -2.32. The Morgan fingerprint density at radius 2 is 2.08 bits per heavy atom. The zero-order chi connectivity index (χ0) is 17.4. The van der Waals surface area contributed by atoms with Crippen molar-refractivity contribution >= 4 is 23.5 Å². The van der Waals surface area contributed by atoms with E-state index >= 15 is 0 Å². The van der Waals surface area contributed by atoms with Gasteiger partial charge in [0, 0.05) is 5.02 Å². The van der Waals surface area contributed by atoms with Crippen LogP contribution in [-0.4, -0.2) is 21.9 Å². The Labute approximate surface area is 150 Å². The van der Waals surface area contributed by atoms with Crippen molar-refractivity contribution in [3.63, 3.8) is 0 Å². The van der Waals surface area contributed by atoms with Crippen molar-refractivity contribution in [3.8, 4) is 5.75 Å². The molecule has 0 fully saturated rings. The number of halogens is 1. The van der Waals surface area contributed by atoms with E-state index in [1.165, 1.54) is 0 Å². The summed E-state index contributed by atoms with van der Waals surface area (Å²) in [6.45, 7) is 0. The summed E-state index contributed by atoms with van der Waals surface area (Å²) >= 11 is 6.40. The van der Waals surface area contributed by atoms with Gasteiger partial charge < -0.3 is 15.8 Å². The first-order valence-electron chi connectivity index (χ1n) is 8.02. The average Bonchev–Trinajstić information content (AvgIpc) is 3.01. The lowest BCUT2D eigenvalue weighted by atomic mass is 9.93. The molecule has 3 N–H and O–H groups in total. The van der Waals surface area contributed by atoms with Gasteiger partial charge in [-0.05, 0) is 35.7 Å². The van der Waals surface area contributed by atoms with E-state index in [4.69, 9.17) is 22.1 Å². The first-order chi connectivity index (χ1) is 12.2. The van der Waals surface area contributed by atoms with Crippen molar-refractivity contribution in [1.82, 2.24) is 14.8 Å². The summed E-state index contributed by atoms with van der Waals surface area (Å²) in [6, 6.07) is 15.8. The van der Waals surface area contributed by atoms with Crippen LogP contribution in [0.15, 0.2) is 48.5 Å². The van der Waals surface area contributed by atoms with Crippen LogP contribution in [0.5, 0.6) is 5.75 Å². The lowest BCUT2D eigenvalue weighted by Crippen LogP contribution is -2.28. The Morgan fingerprint density at radius 1 is 1.24 bits per heavy atom. The number of nitrogen functional groups attached to an aromatic ring is 1. The third-order valence-electron chi connectivity index (χ3n) is 4.46. The number of hydrogen-bond acceptors (Lipinski definition) is 5. The number of ether oxygens (including phenoxy) is 1. The van der Waals surface area contributed by atoms with Gasteiger partial charge in [0.25, 0.3) is 0 Å². The fourth-order valence-electron chi connectivity index (χ4n) is 3.28. The third kappa shape index (κ3) is 2.89. The van der Waals surface area contributed by atoms with Crippen LogP contribution in [0.2, 0.25) is 5.02 Å². The molecule has 0 unspecified atom stereocenters. The van der Waals surface area contributed by atoms with Gasteiger partial charge in [0.15, 0.2) is 0 Å². The van der Waals surface area contributed by atoms with Crippen molar-refractivity contribution in [2.24, 2.45) is 0 Å². The molecule has 2 atom stereocenters. The van der Waals surface area contributed by atoms with Crippen molar-refractivity contribution < 1.29 is 4.74 Å². The van der Waals surface area contributed by atoms with E-state index in [9.17, 15) is 0 Å². The van der Waals surface area contributed by atoms with E-state index < -0.39 is 0 Å². The minimum atomic E-state index is -0.0163. The van der Waals surface area contributed by atoms with E-state index in [0.717, 1.165) is 28.3 Å². The van der Waals surface area contributed by atoms with Gasteiger partial charge in [-0.3, -0.25) is 0 Å². The zero-order valence-corrected chi connectivity index (χ0v) is 14.4. The molecule has 0 spiro atoms. The van der Waals surface area contributed by atoms with E-state index in [0.29, 0.717) is 5.95 Å². The van der Waals surface area contributed by atoms with Crippen LogP contribution in [0.1, 0.15) is 29.6 Å². The highest BCUT2D eigenvalue weighted by atomic mass is 35.5. The number of hydrogen-bond donors (Lipinski definition) is 2. The van der Waals surface area contributed by atoms with Crippen molar-refractivity contribution in [2.75, 3.05) is 18.2 Å². The Kier molecular flexibility index (Phi) is 3.97. The van der Waals surface area contributed by atoms with Crippen LogP contribution in [0.25, 0.3) is 0 Å². The number of aromatic nitrogens is 3. The first-order valence-corrected chi connectivity index (χ1v) is 8.40. The number of anilines is 2. The van der Waals surface area contributed by atoms with Crippen molar-refractivity contribution in [3.05, 3.63) is 64.7 Å². The molecule has 0 bridgehead atoms. The molecule has 3 aromatic rings. The minimum absolute atomic E-state index is 0.0148. The molecular formula is C18H18ClN5O. The summed E-state index contributed by atoms with van der Waals surface area (Å²) in [6.07, 6.45) is 0.771. The first kappa shape index (κ1) is 15.8. The molecule has 0 saturated carbocycles. The Morgan fingerprint density at radius 3 is 2.88 bits per heavy atom. The molecule has 2 heterocycles. The Balaban J connectivity index is 1.78. The third-order valence-corrected chi connectivity index (χ3v) is 4.81. The van der Waals surface area contributed by atoms with E-state index in [1.807, 2.05) is 47.1 Å². The summed E-state index contributed by atoms with van der Waals surface area (Å²) in [5.74, 6) is 1.69. The maximum atomic E-state index is 6.40. The monoisotopic (exact) mass is 355 g/mol. The molecule has 1 aliphatic heterocycles. The van der Waals surface area contributed by atoms with Gasteiger partial charge >= 0.3 is 0 Å². The summed E-state index contributed by atoms with van der Waals surface area (Å²) in [4.78, 5) is 4.32. The number of nitrogens with one attached hydrogen (secondary N) is 1. The molecule has 0 amide bonds. The molecule has 1 aromatic heterocycles. The van der Waals surface area contributed by atoms with Gasteiger partial charge in [0.2, 0.25) is 11.9 Å². The standard InChI is InChI=1S/C18H18ClN5O/c1-25-12-6-4-5-11(9-12)16-10-15(13-7-2-3-8-14(13)19)21-18-22-17(20)23-24(16)18/h2-9,15-16H,10H2,1H3,(H3,20,21,22,23)/t15-,16-/m0/s1. The Hall–Kier alpha value is -2.73. The van der Waals surface area contributed by atoms with Crippen LogP contribution < -0.4 is 15.8 Å². The summed E-state index contributed by atoms with van der Waals surface area (Å²) < 4.78 is 7.19. The molecule has 0 saturated heterocycles.